The van der Waals surface area contributed by atoms with Gasteiger partial charge in [-0.3, -0.25) is 14.5 Å². The number of benzene rings is 3. The van der Waals surface area contributed by atoms with Crippen LogP contribution in [-0.2, 0) is 9.59 Å². The maximum Gasteiger partial charge on any atom is 0.300 e. The van der Waals surface area contributed by atoms with Crippen LogP contribution in [-0.4, -0.2) is 22.9 Å². The van der Waals surface area contributed by atoms with E-state index < -0.39 is 23.5 Å². The fourth-order valence-corrected chi connectivity index (χ4v) is 4.00. The van der Waals surface area contributed by atoms with Gasteiger partial charge in [0.1, 0.15) is 17.3 Å². The van der Waals surface area contributed by atoms with Crippen LogP contribution in [0.15, 0.2) is 78.4 Å². The summed E-state index contributed by atoms with van der Waals surface area (Å²) in [4.78, 5) is 27.6. The number of ether oxygens (including phenoxy) is 1. The van der Waals surface area contributed by atoms with Gasteiger partial charge in [0, 0.05) is 11.3 Å². The van der Waals surface area contributed by atoms with Crippen LogP contribution in [0, 0.1) is 12.7 Å². The average Bonchev–Trinajstić information content (AvgIpc) is 3.04. The van der Waals surface area contributed by atoms with Crippen molar-refractivity contribution >= 4 is 23.1 Å². The Morgan fingerprint density at radius 3 is 2.36 bits per heavy atom. The normalized spacial score (nSPS) is 17.6. The van der Waals surface area contributed by atoms with E-state index in [0.29, 0.717) is 22.6 Å². The van der Waals surface area contributed by atoms with Gasteiger partial charge in [0.25, 0.3) is 11.7 Å². The van der Waals surface area contributed by atoms with E-state index in [9.17, 15) is 19.1 Å². The standard InChI is InChI=1S/C27H24FNO4/c1-16(2)33-22-9-5-8-19(15-22)25(30)23-24(18-7-4-6-17(3)14-18)29(27(32)26(23)31)21-12-10-20(28)11-13-21/h4-16,24,30H,1-3H3/b25-23-. The highest BCUT2D eigenvalue weighted by atomic mass is 19.1. The molecule has 0 bridgehead atoms. The first-order chi connectivity index (χ1) is 15.8. The van der Waals surface area contributed by atoms with Crippen LogP contribution in [0.5, 0.6) is 5.75 Å². The molecule has 1 unspecified atom stereocenters. The molecular formula is C27H24FNO4. The van der Waals surface area contributed by atoms with Crippen molar-refractivity contribution in [1.29, 1.82) is 0 Å². The first-order valence-electron chi connectivity index (χ1n) is 10.7. The summed E-state index contributed by atoms with van der Waals surface area (Å²) >= 11 is 0. The highest BCUT2D eigenvalue weighted by molar-refractivity contribution is 6.51. The number of carbonyl (C=O) groups excluding carboxylic acids is 2. The summed E-state index contributed by atoms with van der Waals surface area (Å²) in [5.41, 5.74) is 2.29. The predicted octanol–water partition coefficient (Wildman–Crippen LogP) is 5.55. The summed E-state index contributed by atoms with van der Waals surface area (Å²) in [7, 11) is 0. The highest BCUT2D eigenvalue weighted by Gasteiger charge is 2.47. The fourth-order valence-electron chi connectivity index (χ4n) is 4.00. The van der Waals surface area contributed by atoms with Crippen LogP contribution < -0.4 is 9.64 Å². The lowest BCUT2D eigenvalue weighted by Crippen LogP contribution is -2.29. The first kappa shape index (κ1) is 22.3. The van der Waals surface area contributed by atoms with Crippen LogP contribution >= 0.6 is 0 Å². The molecule has 1 atom stereocenters. The van der Waals surface area contributed by atoms with Gasteiger partial charge in [-0.1, -0.05) is 42.0 Å². The molecule has 1 fully saturated rings. The lowest BCUT2D eigenvalue weighted by Gasteiger charge is -2.25. The van der Waals surface area contributed by atoms with Crippen LogP contribution in [0.1, 0.15) is 36.6 Å². The molecule has 6 heteroatoms. The van der Waals surface area contributed by atoms with Crippen molar-refractivity contribution < 1.29 is 23.8 Å². The maximum absolute atomic E-state index is 13.5. The van der Waals surface area contributed by atoms with Crippen molar-refractivity contribution in [1.82, 2.24) is 0 Å². The Morgan fingerprint density at radius 2 is 1.70 bits per heavy atom. The van der Waals surface area contributed by atoms with Crippen molar-refractivity contribution in [3.63, 3.8) is 0 Å². The number of aryl methyl sites for hydroxylation is 1. The molecule has 0 radical (unpaired) electrons. The second-order valence-electron chi connectivity index (χ2n) is 8.25. The zero-order valence-electron chi connectivity index (χ0n) is 18.6. The Morgan fingerprint density at radius 1 is 1.00 bits per heavy atom. The van der Waals surface area contributed by atoms with Gasteiger partial charge in [0.05, 0.1) is 17.7 Å². The third-order valence-corrected chi connectivity index (χ3v) is 5.39. The summed E-state index contributed by atoms with van der Waals surface area (Å²) in [6.07, 6.45) is -0.0706. The summed E-state index contributed by atoms with van der Waals surface area (Å²) in [5.74, 6) is -1.81. The minimum Gasteiger partial charge on any atom is -0.507 e. The molecule has 0 aromatic heterocycles. The first-order valence-corrected chi connectivity index (χ1v) is 10.7. The molecule has 3 aromatic rings. The molecule has 4 rings (SSSR count). The topological polar surface area (TPSA) is 66.8 Å². The molecule has 0 aliphatic carbocycles. The fraction of sp³-hybridized carbons (Fsp3) is 0.185. The largest absolute Gasteiger partial charge is 0.507 e. The second kappa shape index (κ2) is 8.90. The molecule has 33 heavy (non-hydrogen) atoms. The number of halogens is 1. The number of aliphatic hydroxyl groups excluding tert-OH is 1. The average molecular weight is 445 g/mol. The van der Waals surface area contributed by atoms with E-state index in [1.165, 1.54) is 29.2 Å². The molecule has 1 aliphatic rings. The third-order valence-electron chi connectivity index (χ3n) is 5.39. The number of rotatable bonds is 5. The van der Waals surface area contributed by atoms with Gasteiger partial charge in [-0.2, -0.15) is 0 Å². The Kier molecular flexibility index (Phi) is 6.01. The van der Waals surface area contributed by atoms with E-state index in [2.05, 4.69) is 0 Å². The monoisotopic (exact) mass is 445 g/mol. The summed E-state index contributed by atoms with van der Waals surface area (Å²) < 4.78 is 19.3. The molecule has 168 valence electrons. The number of ketones is 1. The maximum atomic E-state index is 13.5. The van der Waals surface area contributed by atoms with Gasteiger partial charge in [0.15, 0.2) is 0 Å². The Labute approximate surface area is 191 Å². The van der Waals surface area contributed by atoms with E-state index in [4.69, 9.17) is 4.74 Å². The zero-order chi connectivity index (χ0) is 23.7. The zero-order valence-corrected chi connectivity index (χ0v) is 18.6. The second-order valence-corrected chi connectivity index (χ2v) is 8.25. The Balaban J connectivity index is 1.91. The minimum atomic E-state index is -0.870. The van der Waals surface area contributed by atoms with Crippen LogP contribution in [0.3, 0.4) is 0 Å². The molecule has 0 spiro atoms. The molecule has 3 aromatic carbocycles. The van der Waals surface area contributed by atoms with Crippen molar-refractivity contribution in [2.45, 2.75) is 32.9 Å². The molecule has 1 N–H and O–H groups in total. The van der Waals surface area contributed by atoms with Crippen molar-refractivity contribution in [3.8, 4) is 5.75 Å². The molecule has 1 amide bonds. The molecule has 5 nitrogen and oxygen atoms in total. The lowest BCUT2D eigenvalue weighted by molar-refractivity contribution is -0.132. The quantitative estimate of drug-likeness (QED) is 0.318. The van der Waals surface area contributed by atoms with Crippen LogP contribution in [0.2, 0.25) is 0 Å². The number of hydrogen-bond donors (Lipinski definition) is 1. The number of hydrogen-bond acceptors (Lipinski definition) is 4. The molecule has 0 saturated carbocycles. The van der Waals surface area contributed by atoms with Crippen LogP contribution in [0.4, 0.5) is 10.1 Å². The number of Topliss-reactive ketones (excluding diaryl/α,β-unsaturated/α-hetero) is 1. The van der Waals surface area contributed by atoms with E-state index in [0.717, 1.165) is 5.56 Å². The number of anilines is 1. The Bertz CT molecular complexity index is 1250. The molecular weight excluding hydrogens is 421 g/mol. The van der Waals surface area contributed by atoms with Crippen molar-refractivity contribution in [2.24, 2.45) is 0 Å². The summed E-state index contributed by atoms with van der Waals surface area (Å²) in [5, 5.41) is 11.2. The van der Waals surface area contributed by atoms with Gasteiger partial charge in [-0.05, 0) is 62.7 Å². The molecule has 1 saturated heterocycles. The minimum absolute atomic E-state index is 0.0309. The summed E-state index contributed by atoms with van der Waals surface area (Å²) in [6, 6.07) is 18.6. The Hall–Kier alpha value is -3.93. The number of carbonyl (C=O) groups is 2. The van der Waals surface area contributed by atoms with Gasteiger partial charge in [-0.15, -0.1) is 0 Å². The smallest absolute Gasteiger partial charge is 0.300 e. The van der Waals surface area contributed by atoms with Gasteiger partial charge in [-0.25, -0.2) is 4.39 Å². The van der Waals surface area contributed by atoms with Crippen molar-refractivity contribution in [2.75, 3.05) is 4.90 Å². The number of aliphatic hydroxyl groups is 1. The highest BCUT2D eigenvalue weighted by Crippen LogP contribution is 2.42. The third kappa shape index (κ3) is 4.37. The van der Waals surface area contributed by atoms with Gasteiger partial charge < -0.3 is 9.84 Å². The number of nitrogens with zero attached hydrogens (tertiary/aromatic N) is 1. The SMILES string of the molecule is Cc1cccc(C2/C(=C(/O)c3cccc(OC(C)C)c3)C(=O)C(=O)N2c2ccc(F)cc2)c1. The van der Waals surface area contributed by atoms with Crippen molar-refractivity contribution in [3.05, 3.63) is 101 Å². The molecule has 1 heterocycles. The van der Waals surface area contributed by atoms with Crippen LogP contribution in [0.25, 0.3) is 5.76 Å². The van der Waals surface area contributed by atoms with Gasteiger partial charge >= 0.3 is 0 Å². The van der Waals surface area contributed by atoms with Gasteiger partial charge in [0.2, 0.25) is 0 Å². The van der Waals surface area contributed by atoms with E-state index in [1.807, 2.05) is 39.0 Å². The van der Waals surface area contributed by atoms with E-state index in [-0.39, 0.29) is 17.4 Å². The lowest BCUT2D eigenvalue weighted by atomic mass is 9.94. The number of amides is 1. The predicted molar refractivity (Wildman–Crippen MR) is 125 cm³/mol. The van der Waals surface area contributed by atoms with E-state index in [1.54, 1.807) is 30.3 Å². The van der Waals surface area contributed by atoms with E-state index >= 15 is 0 Å². The molecule has 1 aliphatic heterocycles. The summed E-state index contributed by atoms with van der Waals surface area (Å²) in [6.45, 7) is 5.68.